The van der Waals surface area contributed by atoms with Crippen LogP contribution >= 0.6 is 8.60 Å². The van der Waals surface area contributed by atoms with Crippen LogP contribution in [0, 0.1) is 0 Å². The van der Waals surface area contributed by atoms with E-state index < -0.39 is 34.1 Å². The number of benzene rings is 3. The number of hydrogen-bond acceptors (Lipinski definition) is 11. The van der Waals surface area contributed by atoms with Crippen molar-refractivity contribution in [2.45, 2.75) is 39.1 Å². The summed E-state index contributed by atoms with van der Waals surface area (Å²) in [6.45, 7) is 1.28. The fourth-order valence-electron chi connectivity index (χ4n) is 6.06. The predicted molar refractivity (Wildman–Crippen MR) is 210 cm³/mol. The number of rotatable bonds is 19. The van der Waals surface area contributed by atoms with Gasteiger partial charge in [-0.05, 0) is 49.3 Å². The van der Waals surface area contributed by atoms with Gasteiger partial charge in [0.05, 0.1) is 23.8 Å². The molecule has 12 nitrogen and oxygen atoms in total. The molecule has 0 fully saturated rings. The molecular formula is C42H47N4O8P. The van der Waals surface area contributed by atoms with E-state index in [9.17, 15) is 9.59 Å². The average Bonchev–Trinajstić information content (AvgIpc) is 3.56. The molecule has 0 atom stereocenters. The summed E-state index contributed by atoms with van der Waals surface area (Å²) in [7, 11) is 3.56. The van der Waals surface area contributed by atoms with Crippen LogP contribution in [0.5, 0.6) is 5.75 Å². The lowest BCUT2D eigenvalue weighted by Gasteiger charge is -2.22. The van der Waals surface area contributed by atoms with E-state index in [-0.39, 0.29) is 6.73 Å². The number of ether oxygens (including phenoxy) is 3. The summed E-state index contributed by atoms with van der Waals surface area (Å²) in [5, 5.41) is 1.08. The number of hydrogen-bond donors (Lipinski definition) is 0. The van der Waals surface area contributed by atoms with Crippen LogP contribution in [0.25, 0.3) is 10.9 Å². The van der Waals surface area contributed by atoms with Crippen LogP contribution in [0.1, 0.15) is 29.5 Å². The van der Waals surface area contributed by atoms with Crippen LogP contribution in [-0.2, 0) is 58.9 Å². The molecule has 0 aliphatic carbocycles. The number of likely N-dealkylation sites (N-methyl/N-ethyl adjacent to an activating group) is 1. The highest BCUT2D eigenvalue weighted by Crippen LogP contribution is 2.41. The van der Waals surface area contributed by atoms with Crippen molar-refractivity contribution < 1.29 is 37.4 Å². The van der Waals surface area contributed by atoms with Gasteiger partial charge in [0, 0.05) is 74.9 Å². The molecular weight excluding hydrogens is 719 g/mol. The minimum atomic E-state index is -2.14. The van der Waals surface area contributed by atoms with Crippen molar-refractivity contribution in [1.29, 1.82) is 0 Å². The summed E-state index contributed by atoms with van der Waals surface area (Å²) in [4.78, 5) is 32.2. The molecule has 2 aliphatic rings. The third kappa shape index (κ3) is 11.6. The van der Waals surface area contributed by atoms with Crippen LogP contribution < -0.4 is 4.74 Å². The molecule has 0 unspecified atom stereocenters. The van der Waals surface area contributed by atoms with Crippen molar-refractivity contribution in [3.8, 4) is 5.75 Å². The van der Waals surface area contributed by atoms with Crippen LogP contribution in [0.4, 0.5) is 0 Å². The van der Waals surface area contributed by atoms with Crippen LogP contribution in [0.3, 0.4) is 0 Å². The van der Waals surface area contributed by atoms with Crippen LogP contribution in [-0.4, -0.2) is 72.5 Å². The monoisotopic (exact) mass is 766 g/mol. The summed E-state index contributed by atoms with van der Waals surface area (Å²) in [6, 6.07) is 25.9. The lowest BCUT2D eigenvalue weighted by atomic mass is 10.1. The summed E-state index contributed by atoms with van der Waals surface area (Å²) in [5.41, 5.74) is 5.25. The van der Waals surface area contributed by atoms with E-state index in [1.54, 1.807) is 19.5 Å². The number of esters is 2. The van der Waals surface area contributed by atoms with Gasteiger partial charge in [-0.25, -0.2) is 9.59 Å². The molecule has 2 aliphatic heterocycles. The van der Waals surface area contributed by atoms with Gasteiger partial charge in [0.25, 0.3) is 0 Å². The average molecular weight is 767 g/mol. The molecule has 0 saturated heterocycles. The van der Waals surface area contributed by atoms with Gasteiger partial charge in [0.2, 0.25) is 13.6 Å². The van der Waals surface area contributed by atoms with Crippen molar-refractivity contribution in [3.63, 3.8) is 0 Å². The van der Waals surface area contributed by atoms with Crippen LogP contribution in [0.15, 0.2) is 133 Å². The zero-order chi connectivity index (χ0) is 38.4. The number of aromatic nitrogens is 1. The van der Waals surface area contributed by atoms with Gasteiger partial charge in [0.1, 0.15) is 12.5 Å². The Morgan fingerprint density at radius 3 is 1.84 bits per heavy atom. The van der Waals surface area contributed by atoms with E-state index in [0.717, 1.165) is 40.6 Å². The predicted octanol–water partition coefficient (Wildman–Crippen LogP) is 7.60. The standard InChI is InChI=1S/C42H47N4O8P/c1-43(2)23-20-35-29-46(40-24-38(49-3)18-19-39(35)40)30-52-55(53-31-50-41(47)36-16-10-21-44(27-36)25-33-12-6-4-7-13-33)54-32-51-42(48)37-17-11-22-45(28-37)26-34-14-8-5-9-15-34/h4-15,18-19,21-22,24,27-29H,16-17,20,23,25-26,30-32H2,1-3H3. The second-order valence-corrected chi connectivity index (χ2v) is 14.4. The highest BCUT2D eigenvalue weighted by atomic mass is 31.2. The topological polar surface area (TPSA) is 104 Å². The first-order valence-electron chi connectivity index (χ1n) is 18.0. The number of allylic oxidation sites excluding steroid dienone is 2. The highest BCUT2D eigenvalue weighted by molar-refractivity contribution is 7.41. The van der Waals surface area contributed by atoms with Crippen molar-refractivity contribution in [2.75, 3.05) is 41.3 Å². The third-order valence-corrected chi connectivity index (χ3v) is 9.81. The summed E-state index contributed by atoms with van der Waals surface area (Å²) in [6.07, 6.45) is 15.0. The molecule has 0 amide bonds. The quantitative estimate of drug-likeness (QED) is 0.0536. The summed E-state index contributed by atoms with van der Waals surface area (Å²) >= 11 is 0. The Balaban J connectivity index is 1.09. The zero-order valence-corrected chi connectivity index (χ0v) is 32.3. The largest absolute Gasteiger partial charge is 0.497 e. The lowest BCUT2D eigenvalue weighted by molar-refractivity contribution is -0.148. The Labute approximate surface area is 323 Å². The first kappa shape index (κ1) is 39.5. The SMILES string of the molecule is COc1ccc2c(CCN(C)C)cn(COP(OCOC(=O)C3=CN(Cc4ccccc4)C=CC3)OCOC(=O)C3=CN(Cc4ccccc4)C=CC3)c2c1. The second kappa shape index (κ2) is 19.9. The van der Waals surface area contributed by atoms with Gasteiger partial charge in [-0.1, -0.05) is 72.8 Å². The zero-order valence-electron chi connectivity index (χ0n) is 31.4. The van der Waals surface area contributed by atoms with E-state index >= 15 is 0 Å². The minimum Gasteiger partial charge on any atom is -0.497 e. The first-order chi connectivity index (χ1) is 26.8. The van der Waals surface area contributed by atoms with Gasteiger partial charge < -0.3 is 33.5 Å². The molecule has 3 aromatic carbocycles. The molecule has 1 aromatic heterocycles. The lowest BCUT2D eigenvalue weighted by Crippen LogP contribution is -2.19. The van der Waals surface area contributed by atoms with Crippen molar-refractivity contribution in [2.24, 2.45) is 0 Å². The van der Waals surface area contributed by atoms with Gasteiger partial charge in [-0.3, -0.25) is 13.6 Å². The van der Waals surface area contributed by atoms with Gasteiger partial charge in [-0.15, -0.1) is 0 Å². The van der Waals surface area contributed by atoms with E-state index in [1.807, 2.05) is 138 Å². The molecule has 0 N–H and O–H groups in total. The van der Waals surface area contributed by atoms with Gasteiger partial charge in [-0.2, -0.15) is 0 Å². The Morgan fingerprint density at radius 1 is 0.745 bits per heavy atom. The molecule has 0 spiro atoms. The number of fused-ring (bicyclic) bond motifs is 1. The molecule has 288 valence electrons. The van der Waals surface area contributed by atoms with E-state index in [2.05, 4.69) is 4.90 Å². The third-order valence-electron chi connectivity index (χ3n) is 8.85. The molecule has 0 bridgehead atoms. The molecule has 0 radical (unpaired) electrons. The van der Waals surface area contributed by atoms with Crippen molar-refractivity contribution in [3.05, 3.63) is 150 Å². The number of nitrogens with zero attached hydrogens (tertiary/aromatic N) is 4. The Bertz CT molecular complexity index is 1920. The van der Waals surface area contributed by atoms with Crippen molar-refractivity contribution >= 4 is 31.4 Å². The maximum atomic E-state index is 13.1. The molecule has 3 heterocycles. The summed E-state index contributed by atoms with van der Waals surface area (Å²) in [5.74, 6) is -0.326. The van der Waals surface area contributed by atoms with E-state index in [1.165, 1.54) is 0 Å². The molecule has 0 saturated carbocycles. The highest BCUT2D eigenvalue weighted by Gasteiger charge is 2.21. The molecule has 55 heavy (non-hydrogen) atoms. The van der Waals surface area contributed by atoms with E-state index in [0.29, 0.717) is 42.8 Å². The summed E-state index contributed by atoms with van der Waals surface area (Å²) < 4.78 is 36.3. The van der Waals surface area contributed by atoms with Crippen LogP contribution in [0.2, 0.25) is 0 Å². The minimum absolute atomic E-state index is 0.0496. The number of carbonyl (C=O) groups excluding carboxylic acids is 2. The van der Waals surface area contributed by atoms with Crippen molar-refractivity contribution in [1.82, 2.24) is 19.3 Å². The maximum absolute atomic E-state index is 13.1. The van der Waals surface area contributed by atoms with E-state index in [4.69, 9.17) is 27.8 Å². The number of methoxy groups -OCH3 is 1. The fourth-order valence-corrected chi connectivity index (χ4v) is 6.78. The normalized spacial score (nSPS) is 14.1. The molecule has 6 rings (SSSR count). The second-order valence-electron chi connectivity index (χ2n) is 13.2. The Hall–Kier alpha value is -5.23. The van der Waals surface area contributed by atoms with Gasteiger partial charge in [0.15, 0.2) is 0 Å². The number of carbonyl (C=O) groups is 2. The Morgan fingerprint density at radius 2 is 1.31 bits per heavy atom. The molecule has 4 aromatic rings. The van der Waals surface area contributed by atoms with Gasteiger partial charge >= 0.3 is 20.5 Å². The maximum Gasteiger partial charge on any atom is 0.340 e. The molecule has 13 heteroatoms. The fraction of sp³-hybridized carbons (Fsp3) is 0.286. The first-order valence-corrected chi connectivity index (χ1v) is 19.1. The Kier molecular flexibility index (Phi) is 14.3. The smallest absolute Gasteiger partial charge is 0.340 e.